The second-order valence-electron chi connectivity index (χ2n) is 7.53. The number of para-hydroxylation sites is 1. The first kappa shape index (κ1) is 18.4. The molecule has 3 N–H and O–H groups in total. The number of rotatable bonds is 7. The van der Waals surface area contributed by atoms with Gasteiger partial charge >= 0.3 is 0 Å². The van der Waals surface area contributed by atoms with Crippen molar-refractivity contribution in [2.45, 2.75) is 31.2 Å². The number of fused-ring (bicyclic) bond motifs is 1. The molecule has 1 atom stereocenters. The van der Waals surface area contributed by atoms with Gasteiger partial charge in [0.05, 0.1) is 17.9 Å². The Kier molecular flexibility index (Phi) is 4.66. The molecule has 0 bridgehead atoms. The van der Waals surface area contributed by atoms with Crippen molar-refractivity contribution in [1.29, 1.82) is 0 Å². The van der Waals surface area contributed by atoms with Crippen molar-refractivity contribution in [2.75, 3.05) is 12.4 Å². The van der Waals surface area contributed by atoms with E-state index in [4.69, 9.17) is 9.51 Å². The Balaban J connectivity index is 1.52. The molecule has 30 heavy (non-hydrogen) atoms. The second-order valence-corrected chi connectivity index (χ2v) is 7.53. The topological polar surface area (TPSA) is 109 Å². The third kappa shape index (κ3) is 3.63. The lowest BCUT2D eigenvalue weighted by atomic mass is 10.0. The van der Waals surface area contributed by atoms with E-state index in [2.05, 4.69) is 31.8 Å². The van der Waals surface area contributed by atoms with Gasteiger partial charge in [-0.1, -0.05) is 23.4 Å². The summed E-state index contributed by atoms with van der Waals surface area (Å²) in [7, 11) is 1.84. The van der Waals surface area contributed by atoms with E-state index in [-0.39, 0.29) is 17.7 Å². The van der Waals surface area contributed by atoms with Gasteiger partial charge in [-0.3, -0.25) is 4.79 Å². The normalized spacial score (nSPS) is 14.6. The van der Waals surface area contributed by atoms with E-state index in [9.17, 15) is 4.79 Å². The molecule has 3 aromatic heterocycles. The Labute approximate surface area is 173 Å². The highest BCUT2D eigenvalue weighted by Gasteiger charge is 2.29. The molecule has 1 amide bonds. The number of H-pyrrole nitrogens is 1. The smallest absolute Gasteiger partial charge is 0.290 e. The van der Waals surface area contributed by atoms with Gasteiger partial charge < -0.3 is 20.1 Å². The van der Waals surface area contributed by atoms with Crippen LogP contribution in [0.25, 0.3) is 10.9 Å². The molecular weight excluding hydrogens is 380 g/mol. The minimum atomic E-state index is -0.352. The Bertz CT molecular complexity index is 1180. The van der Waals surface area contributed by atoms with E-state index in [1.165, 1.54) is 6.20 Å². The Morgan fingerprint density at radius 1 is 1.27 bits per heavy atom. The standard InChI is InChI=1S/C22H22N6O2/c1-23-20-11-18(26-21(28-20)13-6-7-13)17(27-22(29)19-8-9-25-30-19)10-14-12-24-16-5-3-2-4-15(14)16/h2-5,8-9,11-13,17,24H,6-7,10H2,1H3,(H,27,29)(H,23,26,28)/t17-/m1/s1. The van der Waals surface area contributed by atoms with E-state index in [1.54, 1.807) is 6.07 Å². The molecule has 0 spiro atoms. The number of carbonyl (C=O) groups is 1. The van der Waals surface area contributed by atoms with E-state index in [0.717, 1.165) is 46.6 Å². The fourth-order valence-electron chi connectivity index (χ4n) is 3.63. The van der Waals surface area contributed by atoms with Crippen LogP contribution in [-0.2, 0) is 6.42 Å². The lowest BCUT2D eigenvalue weighted by molar-refractivity contribution is 0.0898. The maximum Gasteiger partial charge on any atom is 0.290 e. The van der Waals surface area contributed by atoms with Crippen LogP contribution in [0.2, 0.25) is 0 Å². The number of carbonyl (C=O) groups excluding carboxylic acids is 1. The molecule has 1 aliphatic carbocycles. The molecule has 3 heterocycles. The van der Waals surface area contributed by atoms with Crippen LogP contribution in [0.5, 0.6) is 0 Å². The second kappa shape index (κ2) is 7.62. The Morgan fingerprint density at radius 2 is 2.13 bits per heavy atom. The van der Waals surface area contributed by atoms with Crippen LogP contribution < -0.4 is 10.6 Å². The minimum Gasteiger partial charge on any atom is -0.373 e. The summed E-state index contributed by atoms with van der Waals surface area (Å²) >= 11 is 0. The zero-order valence-corrected chi connectivity index (χ0v) is 16.6. The summed E-state index contributed by atoms with van der Waals surface area (Å²) in [5.41, 5.74) is 2.94. The van der Waals surface area contributed by atoms with Gasteiger partial charge in [0.25, 0.3) is 5.91 Å². The molecule has 8 nitrogen and oxygen atoms in total. The predicted molar refractivity (Wildman–Crippen MR) is 112 cm³/mol. The SMILES string of the molecule is CNc1cc([C@@H](Cc2c[nH]c3ccccc23)NC(=O)c2ccno2)nc(C2CC2)n1. The number of amides is 1. The van der Waals surface area contributed by atoms with Crippen molar-refractivity contribution >= 4 is 22.6 Å². The highest BCUT2D eigenvalue weighted by molar-refractivity contribution is 5.91. The number of aromatic amines is 1. The molecule has 0 saturated heterocycles. The van der Waals surface area contributed by atoms with Crippen LogP contribution in [0.15, 0.2) is 53.3 Å². The quantitative estimate of drug-likeness (QED) is 0.436. The van der Waals surface area contributed by atoms with E-state index < -0.39 is 0 Å². The van der Waals surface area contributed by atoms with Gasteiger partial charge in [0, 0.05) is 48.6 Å². The highest BCUT2D eigenvalue weighted by Crippen LogP contribution is 2.39. The fraction of sp³-hybridized carbons (Fsp3) is 0.273. The molecule has 1 aromatic carbocycles. The van der Waals surface area contributed by atoms with Gasteiger partial charge in [0.15, 0.2) is 0 Å². The average Bonchev–Trinajstić information content (AvgIpc) is 3.33. The van der Waals surface area contributed by atoms with Gasteiger partial charge in [-0.2, -0.15) is 0 Å². The Morgan fingerprint density at radius 3 is 2.90 bits per heavy atom. The van der Waals surface area contributed by atoms with Crippen LogP contribution in [0.3, 0.4) is 0 Å². The third-order valence-corrected chi connectivity index (χ3v) is 5.38. The van der Waals surface area contributed by atoms with Crippen molar-refractivity contribution in [1.82, 2.24) is 25.4 Å². The molecule has 5 rings (SSSR count). The number of hydrogen-bond donors (Lipinski definition) is 3. The largest absolute Gasteiger partial charge is 0.373 e. The predicted octanol–water partition coefficient (Wildman–Crippen LogP) is 3.58. The molecular formula is C22H22N6O2. The zero-order chi connectivity index (χ0) is 20.5. The fourth-order valence-corrected chi connectivity index (χ4v) is 3.63. The van der Waals surface area contributed by atoms with Crippen LogP contribution in [0, 0.1) is 0 Å². The van der Waals surface area contributed by atoms with Gasteiger partial charge in [0.2, 0.25) is 5.76 Å². The van der Waals surface area contributed by atoms with Crippen LogP contribution in [0.4, 0.5) is 5.82 Å². The number of nitrogens with one attached hydrogen (secondary N) is 3. The first-order chi connectivity index (χ1) is 14.7. The van der Waals surface area contributed by atoms with E-state index in [1.807, 2.05) is 37.5 Å². The van der Waals surface area contributed by atoms with Crippen LogP contribution in [0.1, 0.15) is 52.4 Å². The molecule has 0 radical (unpaired) electrons. The summed E-state index contributed by atoms with van der Waals surface area (Å²) in [4.78, 5) is 25.5. The van der Waals surface area contributed by atoms with Gasteiger partial charge in [-0.15, -0.1) is 0 Å². The molecule has 8 heteroatoms. The van der Waals surface area contributed by atoms with Gasteiger partial charge in [-0.25, -0.2) is 9.97 Å². The lowest BCUT2D eigenvalue weighted by Crippen LogP contribution is -2.30. The summed E-state index contributed by atoms with van der Waals surface area (Å²) in [6.07, 6.45) is 6.22. The first-order valence-corrected chi connectivity index (χ1v) is 10.0. The average molecular weight is 402 g/mol. The van der Waals surface area contributed by atoms with Crippen molar-refractivity contribution in [3.8, 4) is 0 Å². The van der Waals surface area contributed by atoms with Gasteiger partial charge in [-0.05, 0) is 24.5 Å². The lowest BCUT2D eigenvalue weighted by Gasteiger charge is -2.19. The van der Waals surface area contributed by atoms with Crippen molar-refractivity contribution in [3.63, 3.8) is 0 Å². The zero-order valence-electron chi connectivity index (χ0n) is 16.6. The summed E-state index contributed by atoms with van der Waals surface area (Å²) in [6.45, 7) is 0. The monoisotopic (exact) mass is 402 g/mol. The van der Waals surface area contributed by atoms with Crippen LogP contribution >= 0.6 is 0 Å². The maximum absolute atomic E-state index is 12.8. The van der Waals surface area contributed by atoms with Crippen molar-refractivity contribution in [3.05, 3.63) is 71.6 Å². The summed E-state index contributed by atoms with van der Waals surface area (Å²) < 4.78 is 5.04. The van der Waals surface area contributed by atoms with Crippen molar-refractivity contribution in [2.24, 2.45) is 0 Å². The number of benzene rings is 1. The number of anilines is 1. The summed E-state index contributed by atoms with van der Waals surface area (Å²) in [5, 5.41) is 11.0. The highest BCUT2D eigenvalue weighted by atomic mass is 16.5. The first-order valence-electron chi connectivity index (χ1n) is 10.0. The number of hydrogen-bond acceptors (Lipinski definition) is 6. The molecule has 1 fully saturated rings. The summed E-state index contributed by atoms with van der Waals surface area (Å²) in [6, 6.07) is 11.2. The molecule has 152 valence electrons. The maximum atomic E-state index is 12.8. The third-order valence-electron chi connectivity index (χ3n) is 5.38. The number of aromatic nitrogens is 4. The van der Waals surface area contributed by atoms with E-state index in [0.29, 0.717) is 12.3 Å². The van der Waals surface area contributed by atoms with E-state index >= 15 is 0 Å². The molecule has 1 saturated carbocycles. The molecule has 4 aromatic rings. The molecule has 0 unspecified atom stereocenters. The van der Waals surface area contributed by atoms with Crippen molar-refractivity contribution < 1.29 is 9.32 Å². The van der Waals surface area contributed by atoms with Crippen LogP contribution in [-0.4, -0.2) is 33.1 Å². The van der Waals surface area contributed by atoms with Gasteiger partial charge in [0.1, 0.15) is 11.6 Å². The molecule has 0 aliphatic heterocycles. The Hall–Kier alpha value is -3.68. The minimum absolute atomic E-state index is 0.171. The summed E-state index contributed by atoms with van der Waals surface area (Å²) in [5.74, 6) is 1.82. The molecule has 1 aliphatic rings. The number of nitrogens with zero attached hydrogens (tertiary/aromatic N) is 3.